The van der Waals surface area contributed by atoms with E-state index < -0.39 is 6.10 Å². The fraction of sp³-hybridized carbons (Fsp3) is 0.289. The van der Waals surface area contributed by atoms with E-state index in [2.05, 4.69) is 60.1 Å². The lowest BCUT2D eigenvalue weighted by atomic mass is 9.97. The van der Waals surface area contributed by atoms with E-state index in [-0.39, 0.29) is 5.56 Å². The van der Waals surface area contributed by atoms with Gasteiger partial charge in [-0.25, -0.2) is 0 Å². The van der Waals surface area contributed by atoms with Gasteiger partial charge in [0.15, 0.2) is 0 Å². The predicted molar refractivity (Wildman–Crippen MR) is 174 cm³/mol. The molecule has 0 fully saturated rings. The Morgan fingerprint density at radius 1 is 0.837 bits per heavy atom. The molecule has 1 aromatic heterocycles. The molecule has 0 bridgehead atoms. The van der Waals surface area contributed by atoms with Crippen LogP contribution in [0.2, 0.25) is 0 Å². The number of rotatable bonds is 11. The number of ether oxygens (including phenoxy) is 1. The van der Waals surface area contributed by atoms with Gasteiger partial charge in [0.2, 0.25) is 5.56 Å². The van der Waals surface area contributed by atoms with Crippen LogP contribution in [0.25, 0.3) is 10.9 Å². The molecule has 1 heterocycles. The highest BCUT2D eigenvalue weighted by Gasteiger charge is 2.30. The SMILES string of the molecule is CCc1cc2c(cc1CC)CC(N(Cc1ccccc1)CC(O)c1ccc(OCc3ccccc3)c3[nH]c(=O)ccc13)C2. The van der Waals surface area contributed by atoms with Crippen LogP contribution in [-0.4, -0.2) is 27.6 Å². The van der Waals surface area contributed by atoms with Crippen LogP contribution < -0.4 is 10.3 Å². The van der Waals surface area contributed by atoms with E-state index in [1.54, 1.807) is 6.07 Å². The van der Waals surface area contributed by atoms with Crippen molar-refractivity contribution in [2.24, 2.45) is 0 Å². The first-order chi connectivity index (χ1) is 21.0. The molecule has 0 saturated carbocycles. The van der Waals surface area contributed by atoms with Crippen molar-refractivity contribution in [3.63, 3.8) is 0 Å². The number of benzene rings is 4. The van der Waals surface area contributed by atoms with E-state index in [9.17, 15) is 9.90 Å². The highest BCUT2D eigenvalue weighted by Crippen LogP contribution is 2.34. The van der Waals surface area contributed by atoms with Crippen LogP contribution in [-0.2, 0) is 38.8 Å². The number of nitrogens with zero attached hydrogens (tertiary/aromatic N) is 1. The summed E-state index contributed by atoms with van der Waals surface area (Å²) in [6.45, 7) is 6.10. The molecule has 2 N–H and O–H groups in total. The normalized spacial score (nSPS) is 13.9. The first kappa shape index (κ1) is 28.9. The van der Waals surface area contributed by atoms with Crippen molar-refractivity contribution >= 4 is 10.9 Å². The van der Waals surface area contributed by atoms with Crippen LogP contribution >= 0.6 is 0 Å². The van der Waals surface area contributed by atoms with Gasteiger partial charge in [-0.15, -0.1) is 0 Å². The molecule has 5 nitrogen and oxygen atoms in total. The Kier molecular flexibility index (Phi) is 8.73. The number of hydrogen-bond acceptors (Lipinski definition) is 4. The van der Waals surface area contributed by atoms with Gasteiger partial charge in [0.1, 0.15) is 12.4 Å². The number of aliphatic hydroxyl groups excluding tert-OH is 1. The Labute approximate surface area is 253 Å². The molecule has 5 aromatic rings. The summed E-state index contributed by atoms with van der Waals surface area (Å²) in [5.74, 6) is 0.596. The molecule has 5 heteroatoms. The first-order valence-corrected chi connectivity index (χ1v) is 15.4. The summed E-state index contributed by atoms with van der Waals surface area (Å²) in [6, 6.07) is 32.7. The Morgan fingerprint density at radius 3 is 2.09 bits per heavy atom. The fourth-order valence-electron chi connectivity index (χ4n) is 6.54. The van der Waals surface area contributed by atoms with Gasteiger partial charge in [0.25, 0.3) is 0 Å². The second kappa shape index (κ2) is 13.0. The molecule has 43 heavy (non-hydrogen) atoms. The van der Waals surface area contributed by atoms with Gasteiger partial charge >= 0.3 is 0 Å². The van der Waals surface area contributed by atoms with E-state index >= 15 is 0 Å². The zero-order chi connectivity index (χ0) is 29.8. The quantitative estimate of drug-likeness (QED) is 0.180. The Bertz CT molecular complexity index is 1710. The molecule has 1 aliphatic carbocycles. The van der Waals surface area contributed by atoms with Gasteiger partial charge < -0.3 is 14.8 Å². The number of aliphatic hydroxyl groups is 1. The summed E-state index contributed by atoms with van der Waals surface area (Å²) in [7, 11) is 0. The van der Waals surface area contributed by atoms with Crippen molar-refractivity contribution in [1.82, 2.24) is 9.88 Å². The summed E-state index contributed by atoms with van der Waals surface area (Å²) >= 11 is 0. The van der Waals surface area contributed by atoms with Gasteiger partial charge in [0, 0.05) is 30.6 Å². The van der Waals surface area contributed by atoms with E-state index in [1.165, 1.54) is 33.9 Å². The topological polar surface area (TPSA) is 65.6 Å². The minimum absolute atomic E-state index is 0.198. The van der Waals surface area contributed by atoms with Crippen LogP contribution in [0.4, 0.5) is 0 Å². The summed E-state index contributed by atoms with van der Waals surface area (Å²) in [4.78, 5) is 17.8. The highest BCUT2D eigenvalue weighted by molar-refractivity contribution is 5.87. The van der Waals surface area contributed by atoms with Crippen molar-refractivity contribution in [2.45, 2.75) is 64.8 Å². The van der Waals surface area contributed by atoms with Gasteiger partial charge in [-0.1, -0.05) is 92.7 Å². The number of H-pyrrole nitrogens is 1. The van der Waals surface area contributed by atoms with Crippen LogP contribution in [0.15, 0.2) is 102 Å². The lowest BCUT2D eigenvalue weighted by molar-refractivity contribution is 0.0844. The number of nitrogens with one attached hydrogen (secondary N) is 1. The maximum absolute atomic E-state index is 12.4. The van der Waals surface area contributed by atoms with Crippen LogP contribution in [0.3, 0.4) is 0 Å². The van der Waals surface area contributed by atoms with Crippen LogP contribution in [0.1, 0.15) is 58.9 Å². The molecule has 0 amide bonds. The van der Waals surface area contributed by atoms with Crippen molar-refractivity contribution < 1.29 is 9.84 Å². The van der Waals surface area contributed by atoms with Crippen molar-refractivity contribution in [3.8, 4) is 5.75 Å². The smallest absolute Gasteiger partial charge is 0.248 e. The third-order valence-corrected chi connectivity index (χ3v) is 8.83. The third-order valence-electron chi connectivity index (χ3n) is 8.83. The minimum Gasteiger partial charge on any atom is -0.487 e. The van der Waals surface area contributed by atoms with E-state index in [4.69, 9.17) is 4.74 Å². The molecule has 0 saturated heterocycles. The van der Waals surface area contributed by atoms with Crippen molar-refractivity contribution in [1.29, 1.82) is 0 Å². The molecule has 0 aliphatic heterocycles. The second-order valence-corrected chi connectivity index (χ2v) is 11.6. The maximum Gasteiger partial charge on any atom is 0.248 e. The molecule has 4 aromatic carbocycles. The van der Waals surface area contributed by atoms with Gasteiger partial charge in [-0.2, -0.15) is 0 Å². The Morgan fingerprint density at radius 2 is 1.47 bits per heavy atom. The zero-order valence-corrected chi connectivity index (χ0v) is 25.1. The molecule has 0 radical (unpaired) electrons. The minimum atomic E-state index is -0.749. The lowest BCUT2D eigenvalue weighted by Crippen LogP contribution is -2.38. The second-order valence-electron chi connectivity index (χ2n) is 11.6. The number of aromatic amines is 1. The monoisotopic (exact) mass is 572 g/mol. The Balaban J connectivity index is 1.29. The number of hydrogen-bond donors (Lipinski definition) is 2. The third kappa shape index (κ3) is 6.43. The standard InChI is InChI=1S/C38H40N2O3/c1-3-28-19-30-21-32(22-31(30)20-29(28)4-2)40(23-26-11-7-5-8-12-26)24-35(41)33-15-17-36(38-34(33)16-18-37(42)39-38)43-25-27-13-9-6-10-14-27/h5-20,32,35,41H,3-4,21-25H2,1-2H3,(H,39,42). The maximum atomic E-state index is 12.4. The largest absolute Gasteiger partial charge is 0.487 e. The average molecular weight is 573 g/mol. The van der Waals surface area contributed by atoms with Gasteiger partial charge in [-0.3, -0.25) is 9.69 Å². The van der Waals surface area contributed by atoms with Crippen LogP contribution in [0.5, 0.6) is 5.75 Å². The molecule has 220 valence electrons. The van der Waals surface area contributed by atoms with E-state index in [1.807, 2.05) is 48.5 Å². The number of aryl methyl sites for hydroxylation is 2. The summed E-state index contributed by atoms with van der Waals surface area (Å²) in [5, 5.41) is 12.6. The molecule has 1 unspecified atom stereocenters. The fourth-order valence-corrected chi connectivity index (χ4v) is 6.54. The van der Waals surface area contributed by atoms with Gasteiger partial charge in [0.05, 0.1) is 11.6 Å². The summed E-state index contributed by atoms with van der Waals surface area (Å²) in [5.41, 5.74) is 9.26. The van der Waals surface area contributed by atoms with Crippen LogP contribution in [0, 0.1) is 0 Å². The summed E-state index contributed by atoms with van der Waals surface area (Å²) < 4.78 is 6.15. The number of aromatic nitrogens is 1. The lowest BCUT2D eigenvalue weighted by Gasteiger charge is -2.31. The molecule has 1 aliphatic rings. The van der Waals surface area contributed by atoms with E-state index in [0.29, 0.717) is 30.5 Å². The number of pyridine rings is 1. The highest BCUT2D eigenvalue weighted by atomic mass is 16.5. The van der Waals surface area contributed by atoms with E-state index in [0.717, 1.165) is 48.7 Å². The molecule has 1 atom stereocenters. The molecular formula is C38H40N2O3. The van der Waals surface area contributed by atoms with Crippen molar-refractivity contribution in [3.05, 3.63) is 146 Å². The number of fused-ring (bicyclic) bond motifs is 2. The molecule has 6 rings (SSSR count). The summed E-state index contributed by atoms with van der Waals surface area (Å²) in [6.07, 6.45) is 3.31. The molecule has 0 spiro atoms. The zero-order valence-electron chi connectivity index (χ0n) is 25.1. The average Bonchev–Trinajstić information content (AvgIpc) is 3.46. The van der Waals surface area contributed by atoms with Gasteiger partial charge in [-0.05, 0) is 76.8 Å². The first-order valence-electron chi connectivity index (χ1n) is 15.4. The Hall–Kier alpha value is -4.19. The predicted octanol–water partition coefficient (Wildman–Crippen LogP) is 6.93. The molecular weight excluding hydrogens is 532 g/mol. The van der Waals surface area contributed by atoms with Crippen molar-refractivity contribution in [2.75, 3.05) is 6.54 Å².